The maximum Gasteiger partial charge on any atom is -0.00853 e. The van der Waals surface area contributed by atoms with Gasteiger partial charge in [0, 0.05) is 0 Å². The molecule has 4 saturated carbocycles. The van der Waals surface area contributed by atoms with E-state index in [4.69, 9.17) is 0 Å². The molecule has 0 aromatic heterocycles. The summed E-state index contributed by atoms with van der Waals surface area (Å²) in [7, 11) is 0. The van der Waals surface area contributed by atoms with Gasteiger partial charge in [0.05, 0.1) is 0 Å². The van der Waals surface area contributed by atoms with Crippen molar-refractivity contribution in [3.63, 3.8) is 0 Å². The minimum atomic E-state index is 0.580. The van der Waals surface area contributed by atoms with E-state index in [1.165, 1.54) is 38.5 Å². The Hall–Kier alpha value is -0.260. The highest BCUT2D eigenvalue weighted by atomic mass is 14.6. The molecule has 22 heavy (non-hydrogen) atoms. The van der Waals surface area contributed by atoms with Crippen LogP contribution in [0.3, 0.4) is 0 Å². The normalized spacial score (nSPS) is 52.0. The number of fused-ring (bicyclic) bond motifs is 5. The molecule has 4 fully saturated rings. The largest absolute Gasteiger partial charge is 0.0879 e. The Balaban J connectivity index is 1.57. The molecule has 4 rings (SSSR count). The van der Waals surface area contributed by atoms with Crippen molar-refractivity contribution >= 4 is 0 Å². The molecule has 0 N–H and O–H groups in total. The average Bonchev–Trinajstić information content (AvgIpc) is 2.82. The molecule has 0 heterocycles. The summed E-state index contributed by atoms with van der Waals surface area (Å²) in [6, 6.07) is 0. The molecule has 0 radical (unpaired) electrons. The van der Waals surface area contributed by atoms with Crippen LogP contribution in [0, 0.1) is 40.4 Å². The molecular formula is C22H36. The Kier molecular flexibility index (Phi) is 3.55. The lowest BCUT2D eigenvalue weighted by atomic mass is 9.49. The number of allylic oxidation sites excluding steroid dienone is 2. The smallest absolute Gasteiger partial charge is 0.00853 e. The molecule has 0 saturated heterocycles. The summed E-state index contributed by atoms with van der Waals surface area (Å²) in [4.78, 5) is 0. The maximum atomic E-state index is 2.62. The fourth-order valence-corrected chi connectivity index (χ4v) is 7.63. The number of hydrogen-bond donors (Lipinski definition) is 0. The van der Waals surface area contributed by atoms with Gasteiger partial charge in [-0.25, -0.2) is 0 Å². The summed E-state index contributed by atoms with van der Waals surface area (Å²) in [5.41, 5.74) is 3.02. The summed E-state index contributed by atoms with van der Waals surface area (Å²) < 4.78 is 0. The van der Waals surface area contributed by atoms with Crippen LogP contribution in [0.15, 0.2) is 11.6 Å². The third-order valence-corrected chi connectivity index (χ3v) is 8.68. The summed E-state index contributed by atoms with van der Waals surface area (Å²) in [5.74, 6) is 5.33. The lowest BCUT2D eigenvalue weighted by Gasteiger charge is -2.56. The van der Waals surface area contributed by atoms with E-state index in [2.05, 4.69) is 33.8 Å². The van der Waals surface area contributed by atoms with E-state index in [0.29, 0.717) is 10.8 Å². The van der Waals surface area contributed by atoms with Crippen molar-refractivity contribution in [1.82, 2.24) is 0 Å². The Labute approximate surface area is 138 Å². The van der Waals surface area contributed by atoms with Gasteiger partial charge in [-0.15, -0.1) is 0 Å². The predicted molar refractivity (Wildman–Crippen MR) is 94.6 cm³/mol. The number of rotatable bonds is 0. The molecule has 4 aliphatic carbocycles. The molecule has 0 aliphatic heterocycles. The zero-order valence-corrected chi connectivity index (χ0v) is 15.3. The van der Waals surface area contributed by atoms with E-state index in [0.717, 1.165) is 29.6 Å². The number of hydrogen-bond acceptors (Lipinski definition) is 0. The summed E-state index contributed by atoms with van der Waals surface area (Å²) in [6.45, 7) is 9.94. The van der Waals surface area contributed by atoms with Gasteiger partial charge in [0.25, 0.3) is 0 Å². The van der Waals surface area contributed by atoms with Gasteiger partial charge in [-0.1, -0.05) is 32.4 Å². The van der Waals surface area contributed by atoms with Crippen molar-refractivity contribution < 1.29 is 0 Å². The Bertz CT molecular complexity index is 470. The van der Waals surface area contributed by atoms with E-state index < -0.39 is 0 Å². The molecule has 0 bridgehead atoms. The van der Waals surface area contributed by atoms with Gasteiger partial charge in [-0.3, -0.25) is 0 Å². The van der Waals surface area contributed by atoms with Crippen molar-refractivity contribution in [1.29, 1.82) is 0 Å². The summed E-state index contributed by atoms with van der Waals surface area (Å²) >= 11 is 0. The van der Waals surface area contributed by atoms with Crippen LogP contribution in [0.25, 0.3) is 0 Å². The zero-order chi connectivity index (χ0) is 15.5. The third kappa shape index (κ3) is 2.15. The van der Waals surface area contributed by atoms with Crippen LogP contribution < -0.4 is 0 Å². The van der Waals surface area contributed by atoms with Crippen LogP contribution >= 0.6 is 0 Å². The minimum absolute atomic E-state index is 0.580. The van der Waals surface area contributed by atoms with Crippen LogP contribution in [0.5, 0.6) is 0 Å². The second kappa shape index (κ2) is 5.12. The standard InChI is InChI=1S/C22H36/c1-5-16-7-9-20-19-8-6-15-14-21(2,3)12-10-17(15)18(19)11-13-22(16,20)4/h5,15,17-20H,6-14H2,1-4H3/t15-,17+,18?,19?,20?,22-/m1/s1. The molecule has 0 aromatic rings. The average molecular weight is 301 g/mol. The molecule has 0 aromatic carbocycles. The monoisotopic (exact) mass is 300 g/mol. The van der Waals surface area contributed by atoms with Crippen molar-refractivity contribution in [2.75, 3.05) is 0 Å². The predicted octanol–water partition coefficient (Wildman–Crippen LogP) is 6.61. The molecule has 3 unspecified atom stereocenters. The molecule has 0 nitrogen and oxygen atoms in total. The maximum absolute atomic E-state index is 2.62. The Morgan fingerprint density at radius 3 is 2.41 bits per heavy atom. The summed E-state index contributed by atoms with van der Waals surface area (Å²) in [5, 5.41) is 0. The quantitative estimate of drug-likeness (QED) is 0.441. The van der Waals surface area contributed by atoms with Crippen molar-refractivity contribution in [2.24, 2.45) is 40.4 Å². The highest BCUT2D eigenvalue weighted by Gasteiger charge is 2.55. The first-order valence-electron chi connectivity index (χ1n) is 10.1. The Morgan fingerprint density at radius 1 is 0.864 bits per heavy atom. The second-order valence-corrected chi connectivity index (χ2v) is 10.2. The summed E-state index contributed by atoms with van der Waals surface area (Å²) in [6.07, 6.45) is 16.0. The molecule has 0 spiro atoms. The minimum Gasteiger partial charge on any atom is -0.0879 e. The van der Waals surface area contributed by atoms with Gasteiger partial charge >= 0.3 is 0 Å². The van der Waals surface area contributed by atoms with Gasteiger partial charge in [-0.2, -0.15) is 0 Å². The first-order chi connectivity index (χ1) is 10.4. The van der Waals surface area contributed by atoms with E-state index >= 15 is 0 Å². The van der Waals surface area contributed by atoms with Crippen LogP contribution in [0.4, 0.5) is 0 Å². The first kappa shape index (κ1) is 15.3. The third-order valence-electron chi connectivity index (χ3n) is 8.68. The van der Waals surface area contributed by atoms with Crippen LogP contribution in [-0.4, -0.2) is 0 Å². The molecule has 124 valence electrons. The van der Waals surface area contributed by atoms with E-state index in [9.17, 15) is 0 Å². The molecule has 0 heteroatoms. The van der Waals surface area contributed by atoms with Gasteiger partial charge in [0.2, 0.25) is 0 Å². The molecule has 4 aliphatic rings. The van der Waals surface area contributed by atoms with Crippen LogP contribution in [-0.2, 0) is 0 Å². The van der Waals surface area contributed by atoms with E-state index in [1.54, 1.807) is 19.3 Å². The van der Waals surface area contributed by atoms with Gasteiger partial charge < -0.3 is 0 Å². The fraction of sp³-hybridized carbons (Fsp3) is 0.909. The molecular weight excluding hydrogens is 264 g/mol. The van der Waals surface area contributed by atoms with Gasteiger partial charge in [0.1, 0.15) is 0 Å². The SMILES string of the molecule is CC=C1CCC2C3CC[C@@H]4CC(C)(C)CC[C@@H]4C3CC[C@]12C. The lowest BCUT2D eigenvalue weighted by molar-refractivity contribution is -0.0586. The highest BCUT2D eigenvalue weighted by molar-refractivity contribution is 5.23. The van der Waals surface area contributed by atoms with Crippen LogP contribution in [0.2, 0.25) is 0 Å². The highest BCUT2D eigenvalue weighted by Crippen LogP contribution is 2.64. The zero-order valence-electron chi connectivity index (χ0n) is 15.3. The molecule has 0 amide bonds. The Morgan fingerprint density at radius 2 is 1.64 bits per heavy atom. The van der Waals surface area contributed by atoms with Gasteiger partial charge in [0.15, 0.2) is 0 Å². The van der Waals surface area contributed by atoms with E-state index in [-0.39, 0.29) is 0 Å². The van der Waals surface area contributed by atoms with Crippen LogP contribution in [0.1, 0.15) is 85.5 Å². The first-order valence-corrected chi connectivity index (χ1v) is 10.1. The second-order valence-electron chi connectivity index (χ2n) is 10.2. The molecule has 6 atom stereocenters. The van der Waals surface area contributed by atoms with Crippen molar-refractivity contribution in [3.05, 3.63) is 11.6 Å². The topological polar surface area (TPSA) is 0 Å². The van der Waals surface area contributed by atoms with Crippen molar-refractivity contribution in [2.45, 2.75) is 85.5 Å². The van der Waals surface area contributed by atoms with E-state index in [1.807, 2.05) is 5.57 Å². The van der Waals surface area contributed by atoms with Crippen molar-refractivity contribution in [3.8, 4) is 0 Å². The fourth-order valence-electron chi connectivity index (χ4n) is 7.63. The lowest BCUT2D eigenvalue weighted by Crippen LogP contribution is -2.48. The van der Waals surface area contributed by atoms with Gasteiger partial charge in [-0.05, 0) is 105 Å².